The zero-order valence-corrected chi connectivity index (χ0v) is 15.2. The van der Waals surface area contributed by atoms with Crippen LogP contribution in [0.3, 0.4) is 0 Å². The molecular weight excluding hydrogens is 336 g/mol. The fraction of sp³-hybridized carbons (Fsp3) is 0.350. The summed E-state index contributed by atoms with van der Waals surface area (Å²) in [6, 6.07) is 17.5. The molecule has 132 valence electrons. The van der Waals surface area contributed by atoms with Gasteiger partial charge in [0, 0.05) is 38.7 Å². The van der Waals surface area contributed by atoms with Crippen molar-refractivity contribution < 1.29 is 9.53 Å². The summed E-state index contributed by atoms with van der Waals surface area (Å²) in [5.74, 6) is 0.875. The second kappa shape index (κ2) is 8.26. The molecule has 1 amide bonds. The molecule has 3 rings (SSSR count). The van der Waals surface area contributed by atoms with Crippen molar-refractivity contribution in [2.24, 2.45) is 0 Å². The number of rotatable bonds is 5. The standard InChI is InChI=1S/C20H23ClN2O2/c1-22(16-7-3-2-4-8-16)15-20(24)23-13-11-17(12-14-23)25-19-10-6-5-9-18(19)21/h2-10,17H,11-15H2,1H3. The molecule has 0 aliphatic carbocycles. The van der Waals surface area contributed by atoms with Gasteiger partial charge in [-0.15, -0.1) is 0 Å². The van der Waals surface area contributed by atoms with E-state index in [1.807, 2.05) is 71.4 Å². The van der Waals surface area contributed by atoms with E-state index in [9.17, 15) is 4.79 Å². The molecule has 1 heterocycles. The molecule has 0 spiro atoms. The predicted molar refractivity (Wildman–Crippen MR) is 101 cm³/mol. The van der Waals surface area contributed by atoms with Gasteiger partial charge in [0.1, 0.15) is 11.9 Å². The fourth-order valence-electron chi connectivity index (χ4n) is 3.02. The van der Waals surface area contributed by atoms with Crippen molar-refractivity contribution in [3.05, 3.63) is 59.6 Å². The number of piperidine rings is 1. The molecule has 0 N–H and O–H groups in total. The quantitative estimate of drug-likeness (QED) is 0.814. The molecule has 0 bridgehead atoms. The van der Waals surface area contributed by atoms with E-state index in [0.29, 0.717) is 11.6 Å². The monoisotopic (exact) mass is 358 g/mol. The Morgan fingerprint density at radius 2 is 1.76 bits per heavy atom. The Kier molecular flexibility index (Phi) is 5.82. The minimum Gasteiger partial charge on any atom is -0.489 e. The first-order chi connectivity index (χ1) is 12.1. The van der Waals surface area contributed by atoms with E-state index in [4.69, 9.17) is 16.3 Å². The van der Waals surface area contributed by atoms with Crippen LogP contribution >= 0.6 is 11.6 Å². The SMILES string of the molecule is CN(CC(=O)N1CCC(Oc2ccccc2Cl)CC1)c1ccccc1. The summed E-state index contributed by atoms with van der Waals surface area (Å²) in [5, 5.41) is 0.630. The Bertz CT molecular complexity index is 700. The number of benzene rings is 2. The van der Waals surface area contributed by atoms with Gasteiger partial charge in [-0.3, -0.25) is 4.79 Å². The van der Waals surface area contributed by atoms with Crippen LogP contribution in [0.15, 0.2) is 54.6 Å². The number of likely N-dealkylation sites (N-methyl/N-ethyl adjacent to an activating group) is 1. The van der Waals surface area contributed by atoms with E-state index in [1.165, 1.54) is 0 Å². The summed E-state index contributed by atoms with van der Waals surface area (Å²) in [5.41, 5.74) is 1.05. The van der Waals surface area contributed by atoms with Crippen LogP contribution < -0.4 is 9.64 Å². The maximum absolute atomic E-state index is 12.5. The van der Waals surface area contributed by atoms with Gasteiger partial charge in [-0.2, -0.15) is 0 Å². The molecule has 0 atom stereocenters. The number of likely N-dealkylation sites (tertiary alicyclic amines) is 1. The van der Waals surface area contributed by atoms with Crippen LogP contribution in [-0.4, -0.2) is 43.6 Å². The average molecular weight is 359 g/mol. The van der Waals surface area contributed by atoms with Gasteiger partial charge in [0.05, 0.1) is 11.6 Å². The third kappa shape index (κ3) is 4.67. The lowest BCUT2D eigenvalue weighted by Crippen LogP contribution is -2.45. The maximum atomic E-state index is 12.5. The first-order valence-corrected chi connectivity index (χ1v) is 8.96. The largest absolute Gasteiger partial charge is 0.489 e. The van der Waals surface area contributed by atoms with Gasteiger partial charge in [0.2, 0.25) is 5.91 Å². The van der Waals surface area contributed by atoms with Crippen LogP contribution in [0.1, 0.15) is 12.8 Å². The summed E-state index contributed by atoms with van der Waals surface area (Å²) in [7, 11) is 1.94. The van der Waals surface area contributed by atoms with Crippen LogP contribution in [0.5, 0.6) is 5.75 Å². The van der Waals surface area contributed by atoms with Crippen molar-refractivity contribution in [1.29, 1.82) is 0 Å². The van der Waals surface area contributed by atoms with E-state index < -0.39 is 0 Å². The van der Waals surface area contributed by atoms with Crippen molar-refractivity contribution in [3.63, 3.8) is 0 Å². The molecule has 25 heavy (non-hydrogen) atoms. The molecule has 1 aliphatic heterocycles. The number of amides is 1. The second-order valence-electron chi connectivity index (χ2n) is 6.32. The molecule has 1 fully saturated rings. The molecule has 1 saturated heterocycles. The van der Waals surface area contributed by atoms with E-state index in [2.05, 4.69) is 0 Å². The molecule has 0 saturated carbocycles. The first kappa shape index (κ1) is 17.6. The number of halogens is 1. The number of ether oxygens (including phenoxy) is 1. The van der Waals surface area contributed by atoms with Crippen molar-refractivity contribution in [3.8, 4) is 5.75 Å². The molecule has 0 aromatic heterocycles. The van der Waals surface area contributed by atoms with Crippen molar-refractivity contribution in [2.45, 2.75) is 18.9 Å². The van der Waals surface area contributed by atoms with Crippen molar-refractivity contribution >= 4 is 23.2 Å². The topological polar surface area (TPSA) is 32.8 Å². The molecule has 5 heteroatoms. The van der Waals surface area contributed by atoms with Gasteiger partial charge in [0.25, 0.3) is 0 Å². The van der Waals surface area contributed by atoms with E-state index >= 15 is 0 Å². The molecule has 1 aliphatic rings. The molecule has 0 radical (unpaired) electrons. The lowest BCUT2D eigenvalue weighted by atomic mass is 10.1. The number of anilines is 1. The minimum atomic E-state index is 0.107. The number of hydrogen-bond acceptors (Lipinski definition) is 3. The second-order valence-corrected chi connectivity index (χ2v) is 6.73. The van der Waals surface area contributed by atoms with Crippen molar-refractivity contribution in [2.75, 3.05) is 31.6 Å². The van der Waals surface area contributed by atoms with Gasteiger partial charge in [-0.25, -0.2) is 0 Å². The van der Waals surface area contributed by atoms with E-state index in [1.54, 1.807) is 0 Å². The molecule has 2 aromatic carbocycles. The summed E-state index contributed by atoms with van der Waals surface area (Å²) in [6.07, 6.45) is 1.76. The van der Waals surface area contributed by atoms with Gasteiger partial charge in [0.15, 0.2) is 0 Å². The van der Waals surface area contributed by atoms with Crippen LogP contribution in [0.4, 0.5) is 5.69 Å². The van der Waals surface area contributed by atoms with Crippen LogP contribution in [-0.2, 0) is 4.79 Å². The van der Waals surface area contributed by atoms with E-state index in [-0.39, 0.29) is 12.0 Å². The summed E-state index contributed by atoms with van der Waals surface area (Å²) >= 11 is 6.14. The number of para-hydroxylation sites is 2. The number of hydrogen-bond donors (Lipinski definition) is 0. The Morgan fingerprint density at radius 3 is 2.44 bits per heavy atom. The van der Waals surface area contributed by atoms with Crippen molar-refractivity contribution in [1.82, 2.24) is 4.90 Å². The smallest absolute Gasteiger partial charge is 0.242 e. The number of carbonyl (C=O) groups is 1. The number of nitrogens with zero attached hydrogens (tertiary/aromatic N) is 2. The van der Waals surface area contributed by atoms with Crippen LogP contribution in [0, 0.1) is 0 Å². The Morgan fingerprint density at radius 1 is 1.12 bits per heavy atom. The zero-order valence-electron chi connectivity index (χ0n) is 14.4. The third-order valence-electron chi connectivity index (χ3n) is 4.49. The fourth-order valence-corrected chi connectivity index (χ4v) is 3.20. The zero-order chi connectivity index (χ0) is 17.6. The third-order valence-corrected chi connectivity index (χ3v) is 4.81. The van der Waals surface area contributed by atoms with Gasteiger partial charge in [-0.05, 0) is 24.3 Å². The highest BCUT2D eigenvalue weighted by Crippen LogP contribution is 2.26. The van der Waals surface area contributed by atoms with Gasteiger partial charge >= 0.3 is 0 Å². The van der Waals surface area contributed by atoms with Gasteiger partial charge in [-0.1, -0.05) is 41.9 Å². The molecule has 2 aromatic rings. The first-order valence-electron chi connectivity index (χ1n) is 8.58. The average Bonchev–Trinajstić information content (AvgIpc) is 2.65. The van der Waals surface area contributed by atoms with Crippen LogP contribution in [0.25, 0.3) is 0 Å². The number of carbonyl (C=O) groups excluding carboxylic acids is 1. The molecule has 4 nitrogen and oxygen atoms in total. The summed E-state index contributed by atoms with van der Waals surface area (Å²) in [6.45, 7) is 1.83. The highest BCUT2D eigenvalue weighted by atomic mass is 35.5. The highest BCUT2D eigenvalue weighted by molar-refractivity contribution is 6.32. The van der Waals surface area contributed by atoms with Crippen LogP contribution in [0.2, 0.25) is 5.02 Å². The maximum Gasteiger partial charge on any atom is 0.242 e. The normalized spacial score (nSPS) is 15.0. The summed E-state index contributed by atoms with van der Waals surface area (Å²) < 4.78 is 5.98. The Balaban J connectivity index is 1.48. The Hall–Kier alpha value is -2.20. The van der Waals surface area contributed by atoms with Gasteiger partial charge < -0.3 is 14.5 Å². The highest BCUT2D eigenvalue weighted by Gasteiger charge is 2.25. The lowest BCUT2D eigenvalue weighted by molar-refractivity contribution is -0.131. The Labute approximate surface area is 154 Å². The summed E-state index contributed by atoms with van der Waals surface area (Å²) in [4.78, 5) is 16.4. The van der Waals surface area contributed by atoms with E-state index in [0.717, 1.165) is 37.4 Å². The predicted octanol–water partition coefficient (Wildman–Crippen LogP) is 3.85. The molecule has 0 unspecified atom stereocenters. The minimum absolute atomic E-state index is 0.107. The molecular formula is C20H23ClN2O2. The lowest BCUT2D eigenvalue weighted by Gasteiger charge is -2.33.